The van der Waals surface area contributed by atoms with Gasteiger partial charge < -0.3 is 16.2 Å². The molecule has 2 rings (SSSR count). The molecule has 1 unspecified atom stereocenters. The van der Waals surface area contributed by atoms with Crippen LogP contribution >= 0.6 is 0 Å². The van der Waals surface area contributed by atoms with Crippen LogP contribution in [-0.4, -0.2) is 28.0 Å². The van der Waals surface area contributed by atoms with Crippen molar-refractivity contribution < 1.29 is 14.7 Å². The van der Waals surface area contributed by atoms with Gasteiger partial charge in [0.15, 0.2) is 0 Å². The number of benzene rings is 1. The van der Waals surface area contributed by atoms with E-state index in [1.54, 1.807) is 24.4 Å². The number of hydrogen-bond donors (Lipinski definition) is 3. The number of anilines is 1. The normalized spacial score (nSPS) is 12.1. The lowest BCUT2D eigenvalue weighted by Crippen LogP contribution is -2.37. The van der Waals surface area contributed by atoms with Gasteiger partial charge in [0.1, 0.15) is 0 Å². The molecule has 1 aromatic heterocycles. The quantitative estimate of drug-likeness (QED) is 0.758. The van der Waals surface area contributed by atoms with Crippen molar-refractivity contribution in [3.05, 3.63) is 36.5 Å². The molecule has 0 aliphatic rings. The zero-order chi connectivity index (χ0) is 13.8. The molecule has 0 aliphatic carbocycles. The summed E-state index contributed by atoms with van der Waals surface area (Å²) in [5.41, 5.74) is 6.81. The van der Waals surface area contributed by atoms with Crippen LogP contribution in [0.15, 0.2) is 36.5 Å². The SMILES string of the molecule is NC(CC(=O)O)C(=O)Nc1cccc2ncccc12. The van der Waals surface area contributed by atoms with Gasteiger partial charge in [-0.05, 0) is 24.3 Å². The molecule has 0 aliphatic heterocycles. The fraction of sp³-hybridized carbons (Fsp3) is 0.154. The Kier molecular flexibility index (Phi) is 3.72. The molecule has 1 amide bonds. The molecule has 2 aromatic rings. The number of nitrogens with zero attached hydrogens (tertiary/aromatic N) is 1. The summed E-state index contributed by atoms with van der Waals surface area (Å²) in [5, 5.41) is 12.0. The minimum absolute atomic E-state index is 0.408. The molecule has 0 fully saturated rings. The molecule has 4 N–H and O–H groups in total. The molecule has 19 heavy (non-hydrogen) atoms. The minimum atomic E-state index is -1.11. The second-order valence-electron chi connectivity index (χ2n) is 4.07. The Morgan fingerprint density at radius 3 is 2.84 bits per heavy atom. The first-order valence-corrected chi connectivity index (χ1v) is 5.70. The van der Waals surface area contributed by atoms with Crippen molar-refractivity contribution in [3.8, 4) is 0 Å². The Bertz CT molecular complexity index is 622. The van der Waals surface area contributed by atoms with Crippen LogP contribution in [0.5, 0.6) is 0 Å². The average Bonchev–Trinajstić information content (AvgIpc) is 2.38. The van der Waals surface area contributed by atoms with Gasteiger partial charge in [0.25, 0.3) is 0 Å². The van der Waals surface area contributed by atoms with Crippen molar-refractivity contribution in [1.82, 2.24) is 4.98 Å². The molecule has 1 atom stereocenters. The summed E-state index contributed by atoms with van der Waals surface area (Å²) in [7, 11) is 0. The third-order valence-electron chi connectivity index (χ3n) is 2.63. The van der Waals surface area contributed by atoms with E-state index in [4.69, 9.17) is 10.8 Å². The maximum absolute atomic E-state index is 11.8. The van der Waals surface area contributed by atoms with E-state index in [9.17, 15) is 9.59 Å². The number of aliphatic carboxylic acids is 1. The Hall–Kier alpha value is -2.47. The Labute approximate surface area is 109 Å². The van der Waals surface area contributed by atoms with E-state index in [1.165, 1.54) is 0 Å². The summed E-state index contributed by atoms with van der Waals surface area (Å²) in [5.74, 6) is -1.64. The standard InChI is InChI=1S/C13H13N3O3/c14-9(7-12(17)18)13(19)16-11-5-1-4-10-8(11)3-2-6-15-10/h1-6,9H,7,14H2,(H,16,19)(H,17,18). The second-order valence-corrected chi connectivity index (χ2v) is 4.07. The van der Waals surface area contributed by atoms with Crippen molar-refractivity contribution in [2.24, 2.45) is 5.73 Å². The van der Waals surface area contributed by atoms with Gasteiger partial charge in [0.2, 0.25) is 5.91 Å². The van der Waals surface area contributed by atoms with Crippen LogP contribution < -0.4 is 11.1 Å². The van der Waals surface area contributed by atoms with Crippen molar-refractivity contribution in [3.63, 3.8) is 0 Å². The summed E-state index contributed by atoms with van der Waals surface area (Å²) in [6, 6.07) is 7.80. The number of rotatable bonds is 4. The number of carbonyl (C=O) groups excluding carboxylic acids is 1. The van der Waals surface area contributed by atoms with Crippen LogP contribution in [0, 0.1) is 0 Å². The number of carbonyl (C=O) groups is 2. The summed E-state index contributed by atoms with van der Waals surface area (Å²) in [6.07, 6.45) is 1.25. The highest BCUT2D eigenvalue weighted by Gasteiger charge is 2.17. The number of hydrogen-bond acceptors (Lipinski definition) is 4. The van der Waals surface area contributed by atoms with E-state index in [2.05, 4.69) is 10.3 Å². The van der Waals surface area contributed by atoms with Crippen LogP contribution in [0.25, 0.3) is 10.9 Å². The smallest absolute Gasteiger partial charge is 0.305 e. The second kappa shape index (κ2) is 5.45. The molecule has 0 spiro atoms. The Balaban J connectivity index is 2.22. The van der Waals surface area contributed by atoms with Crippen LogP contribution in [0.4, 0.5) is 5.69 Å². The van der Waals surface area contributed by atoms with Crippen molar-refractivity contribution in [1.29, 1.82) is 0 Å². The zero-order valence-electron chi connectivity index (χ0n) is 10.0. The number of carboxylic acids is 1. The van der Waals surface area contributed by atoms with E-state index < -0.39 is 24.3 Å². The lowest BCUT2D eigenvalue weighted by Gasteiger charge is -2.11. The van der Waals surface area contributed by atoms with Gasteiger partial charge in [0, 0.05) is 11.6 Å². The van der Waals surface area contributed by atoms with Gasteiger partial charge in [-0.1, -0.05) is 6.07 Å². The third kappa shape index (κ3) is 3.05. The first kappa shape index (κ1) is 13.0. The first-order valence-electron chi connectivity index (χ1n) is 5.70. The van der Waals surface area contributed by atoms with E-state index in [1.807, 2.05) is 12.1 Å². The number of aromatic nitrogens is 1. The molecule has 0 saturated heterocycles. The number of fused-ring (bicyclic) bond motifs is 1. The largest absolute Gasteiger partial charge is 0.481 e. The summed E-state index contributed by atoms with van der Waals surface area (Å²) < 4.78 is 0. The molecule has 98 valence electrons. The Morgan fingerprint density at radius 2 is 2.11 bits per heavy atom. The fourth-order valence-corrected chi connectivity index (χ4v) is 1.72. The van der Waals surface area contributed by atoms with Crippen LogP contribution in [0.2, 0.25) is 0 Å². The maximum atomic E-state index is 11.8. The highest BCUT2D eigenvalue weighted by molar-refractivity contribution is 6.03. The van der Waals surface area contributed by atoms with Gasteiger partial charge in [-0.3, -0.25) is 14.6 Å². The van der Waals surface area contributed by atoms with Crippen molar-refractivity contribution in [2.75, 3.05) is 5.32 Å². The zero-order valence-corrected chi connectivity index (χ0v) is 10.0. The van der Waals surface area contributed by atoms with Crippen LogP contribution in [0.3, 0.4) is 0 Å². The van der Waals surface area contributed by atoms with Gasteiger partial charge >= 0.3 is 5.97 Å². The minimum Gasteiger partial charge on any atom is -0.481 e. The summed E-state index contributed by atoms with van der Waals surface area (Å²) in [6.45, 7) is 0. The third-order valence-corrected chi connectivity index (χ3v) is 2.63. The lowest BCUT2D eigenvalue weighted by atomic mass is 10.1. The number of carboxylic acid groups (broad SMARTS) is 1. The molecular formula is C13H13N3O3. The molecular weight excluding hydrogens is 246 g/mol. The predicted molar refractivity (Wildman–Crippen MR) is 70.6 cm³/mol. The van der Waals surface area contributed by atoms with Gasteiger partial charge in [0.05, 0.1) is 23.7 Å². The number of nitrogens with one attached hydrogen (secondary N) is 1. The van der Waals surface area contributed by atoms with Crippen molar-refractivity contribution >= 4 is 28.5 Å². The Morgan fingerprint density at radius 1 is 1.32 bits per heavy atom. The molecule has 1 aromatic carbocycles. The average molecular weight is 259 g/mol. The topological polar surface area (TPSA) is 105 Å². The molecule has 0 radical (unpaired) electrons. The van der Waals surface area contributed by atoms with Crippen molar-refractivity contribution in [2.45, 2.75) is 12.5 Å². The molecule has 1 heterocycles. The molecule has 0 bridgehead atoms. The van der Waals surface area contributed by atoms with E-state index in [0.29, 0.717) is 5.69 Å². The number of amides is 1. The molecule has 6 heteroatoms. The number of nitrogens with two attached hydrogens (primary N) is 1. The van der Waals surface area contributed by atoms with Gasteiger partial charge in [-0.25, -0.2) is 0 Å². The first-order chi connectivity index (χ1) is 9.08. The van der Waals surface area contributed by atoms with E-state index in [0.717, 1.165) is 10.9 Å². The highest BCUT2D eigenvalue weighted by atomic mass is 16.4. The van der Waals surface area contributed by atoms with Crippen LogP contribution in [-0.2, 0) is 9.59 Å². The monoisotopic (exact) mass is 259 g/mol. The predicted octanol–water partition coefficient (Wildman–Crippen LogP) is 0.975. The summed E-state index contributed by atoms with van der Waals surface area (Å²) in [4.78, 5) is 26.4. The molecule has 6 nitrogen and oxygen atoms in total. The maximum Gasteiger partial charge on any atom is 0.305 e. The van der Waals surface area contributed by atoms with Gasteiger partial charge in [-0.15, -0.1) is 0 Å². The summed E-state index contributed by atoms with van der Waals surface area (Å²) >= 11 is 0. The van der Waals surface area contributed by atoms with Gasteiger partial charge in [-0.2, -0.15) is 0 Å². The molecule has 0 saturated carbocycles. The van der Waals surface area contributed by atoms with Crippen LogP contribution in [0.1, 0.15) is 6.42 Å². The van der Waals surface area contributed by atoms with E-state index in [-0.39, 0.29) is 0 Å². The fourth-order valence-electron chi connectivity index (χ4n) is 1.72. The highest BCUT2D eigenvalue weighted by Crippen LogP contribution is 2.21. The van der Waals surface area contributed by atoms with E-state index >= 15 is 0 Å². The lowest BCUT2D eigenvalue weighted by molar-refractivity contribution is -0.138. The number of pyridine rings is 1.